The fourth-order valence-corrected chi connectivity index (χ4v) is 2.54. The third-order valence-electron chi connectivity index (χ3n) is 3.24. The molecule has 0 radical (unpaired) electrons. The molecule has 0 amide bonds. The van der Waals surface area contributed by atoms with Crippen molar-refractivity contribution in [3.05, 3.63) is 60.2 Å². The molecule has 0 bridgehead atoms. The van der Waals surface area contributed by atoms with E-state index in [1.807, 2.05) is 59.5 Å². The third-order valence-corrected chi connectivity index (χ3v) is 3.54. The van der Waals surface area contributed by atoms with Gasteiger partial charge in [0.15, 0.2) is 5.11 Å². The molecule has 2 N–H and O–H groups in total. The summed E-state index contributed by atoms with van der Waals surface area (Å²) in [5, 5.41) is 0.656. The second-order valence-corrected chi connectivity index (χ2v) is 4.85. The van der Waals surface area contributed by atoms with E-state index in [0.29, 0.717) is 5.11 Å². The summed E-state index contributed by atoms with van der Waals surface area (Å²) in [4.78, 5) is 2.05. The number of nitrogens with zero attached hydrogens (tertiary/aromatic N) is 1. The van der Waals surface area contributed by atoms with Crippen LogP contribution in [0.3, 0.4) is 0 Å². The maximum Gasteiger partial charge on any atom is 0.189 e. The number of benzene rings is 2. The maximum absolute atomic E-state index is 5.38. The number of hydrogen-bond donors (Lipinski definition) is 2. The van der Waals surface area contributed by atoms with Crippen LogP contribution in [0, 0.1) is 0 Å². The van der Waals surface area contributed by atoms with E-state index in [4.69, 9.17) is 17.0 Å². The quantitative estimate of drug-likeness (QED) is 0.848. The smallest absolute Gasteiger partial charge is 0.189 e. The highest BCUT2D eigenvalue weighted by Gasteiger charge is 2.30. The second-order valence-electron chi connectivity index (χ2n) is 4.46. The molecule has 1 saturated heterocycles. The van der Waals surface area contributed by atoms with Gasteiger partial charge in [0.05, 0.1) is 7.11 Å². The number of anilines is 1. The first-order valence-corrected chi connectivity index (χ1v) is 6.74. The minimum Gasteiger partial charge on any atom is -0.497 e. The number of thiocarbonyl (C=S) groups is 1. The Bertz CT molecular complexity index is 618. The minimum absolute atomic E-state index is 0.0556. The second kappa shape index (κ2) is 5.48. The lowest BCUT2D eigenvalue weighted by atomic mass is 10.1. The highest BCUT2D eigenvalue weighted by Crippen LogP contribution is 2.29. The van der Waals surface area contributed by atoms with Gasteiger partial charge in [-0.15, -0.1) is 0 Å². The zero-order chi connectivity index (χ0) is 13.9. The molecule has 4 nitrogen and oxygen atoms in total. The van der Waals surface area contributed by atoms with Gasteiger partial charge in [-0.2, -0.15) is 0 Å². The van der Waals surface area contributed by atoms with Crippen molar-refractivity contribution >= 4 is 23.0 Å². The standard InChI is InChI=1S/C15H15N3OS/c1-19-13-9-5-6-11(10-13)14-16-17-15(20)18(14)12-7-3-2-4-8-12/h2-10,14,16H,1H3,(H,17,20). The van der Waals surface area contributed by atoms with Gasteiger partial charge in [-0.25, -0.2) is 5.43 Å². The number of ether oxygens (including phenoxy) is 1. The van der Waals surface area contributed by atoms with Gasteiger partial charge in [-0.3, -0.25) is 10.3 Å². The molecule has 0 aromatic heterocycles. The summed E-state index contributed by atoms with van der Waals surface area (Å²) in [5.41, 5.74) is 8.35. The summed E-state index contributed by atoms with van der Waals surface area (Å²) in [6.07, 6.45) is -0.0556. The van der Waals surface area contributed by atoms with Crippen molar-refractivity contribution in [3.8, 4) is 5.75 Å². The van der Waals surface area contributed by atoms with Crippen molar-refractivity contribution in [2.24, 2.45) is 0 Å². The summed E-state index contributed by atoms with van der Waals surface area (Å²) >= 11 is 5.38. The van der Waals surface area contributed by atoms with E-state index >= 15 is 0 Å². The molecular formula is C15H15N3OS. The Morgan fingerprint density at radius 3 is 2.65 bits per heavy atom. The van der Waals surface area contributed by atoms with Crippen molar-refractivity contribution in [2.45, 2.75) is 6.17 Å². The Labute approximate surface area is 123 Å². The van der Waals surface area contributed by atoms with Crippen molar-refractivity contribution in [3.63, 3.8) is 0 Å². The van der Waals surface area contributed by atoms with E-state index in [0.717, 1.165) is 17.0 Å². The number of hydrogen-bond acceptors (Lipinski definition) is 3. The Hall–Kier alpha value is -2.11. The van der Waals surface area contributed by atoms with E-state index in [-0.39, 0.29) is 6.17 Å². The van der Waals surface area contributed by atoms with Gasteiger partial charge in [0, 0.05) is 5.69 Å². The molecule has 0 aliphatic carbocycles. The fourth-order valence-electron chi connectivity index (χ4n) is 2.27. The van der Waals surface area contributed by atoms with E-state index < -0.39 is 0 Å². The molecule has 0 saturated carbocycles. The highest BCUT2D eigenvalue weighted by molar-refractivity contribution is 7.80. The van der Waals surface area contributed by atoms with Crippen LogP contribution in [-0.2, 0) is 0 Å². The Morgan fingerprint density at radius 2 is 1.90 bits per heavy atom. The van der Waals surface area contributed by atoms with Crippen LogP contribution in [0.4, 0.5) is 5.69 Å². The van der Waals surface area contributed by atoms with E-state index in [1.165, 1.54) is 0 Å². The average Bonchev–Trinajstić information content (AvgIpc) is 2.90. The van der Waals surface area contributed by atoms with Crippen molar-refractivity contribution < 1.29 is 4.74 Å². The zero-order valence-corrected chi connectivity index (χ0v) is 11.9. The van der Waals surface area contributed by atoms with Crippen LogP contribution in [0.25, 0.3) is 0 Å². The number of methoxy groups -OCH3 is 1. The Kier molecular flexibility index (Phi) is 3.54. The average molecular weight is 285 g/mol. The molecule has 102 valence electrons. The molecule has 1 aliphatic rings. The molecule has 1 fully saturated rings. The van der Waals surface area contributed by atoms with Crippen LogP contribution in [0.1, 0.15) is 11.7 Å². The van der Waals surface area contributed by atoms with Gasteiger partial charge in [-0.05, 0) is 42.0 Å². The van der Waals surface area contributed by atoms with Crippen molar-refractivity contribution in [2.75, 3.05) is 12.0 Å². The first-order valence-electron chi connectivity index (χ1n) is 6.33. The molecule has 1 atom stereocenters. The summed E-state index contributed by atoms with van der Waals surface area (Å²) in [5.74, 6) is 0.829. The molecular weight excluding hydrogens is 270 g/mol. The number of para-hydroxylation sites is 1. The van der Waals surface area contributed by atoms with Gasteiger partial charge in [-0.1, -0.05) is 30.3 Å². The fraction of sp³-hybridized carbons (Fsp3) is 0.133. The Balaban J connectivity index is 1.97. The number of hydrazine groups is 1. The normalized spacial score (nSPS) is 17.9. The van der Waals surface area contributed by atoms with Gasteiger partial charge < -0.3 is 4.74 Å². The molecule has 3 rings (SSSR count). The Morgan fingerprint density at radius 1 is 1.10 bits per heavy atom. The molecule has 1 aliphatic heterocycles. The first-order chi connectivity index (χ1) is 9.79. The summed E-state index contributed by atoms with van der Waals surface area (Å²) < 4.78 is 5.28. The van der Waals surface area contributed by atoms with Crippen LogP contribution < -0.4 is 20.5 Å². The maximum atomic E-state index is 5.38. The predicted octanol–water partition coefficient (Wildman–Crippen LogP) is 2.59. The monoisotopic (exact) mass is 285 g/mol. The number of nitrogens with one attached hydrogen (secondary N) is 2. The predicted molar refractivity (Wildman–Crippen MR) is 83.5 cm³/mol. The summed E-state index contributed by atoms with van der Waals surface area (Å²) in [6, 6.07) is 18.0. The van der Waals surface area contributed by atoms with E-state index in [9.17, 15) is 0 Å². The van der Waals surface area contributed by atoms with Crippen LogP contribution in [0.2, 0.25) is 0 Å². The first kappa shape index (κ1) is 12.9. The molecule has 20 heavy (non-hydrogen) atoms. The number of rotatable bonds is 3. The molecule has 1 unspecified atom stereocenters. The van der Waals surface area contributed by atoms with Gasteiger partial charge in [0.1, 0.15) is 11.9 Å². The zero-order valence-electron chi connectivity index (χ0n) is 11.0. The molecule has 5 heteroatoms. The van der Waals surface area contributed by atoms with Crippen molar-refractivity contribution in [1.29, 1.82) is 0 Å². The largest absolute Gasteiger partial charge is 0.497 e. The lowest BCUT2D eigenvalue weighted by Crippen LogP contribution is -2.29. The molecule has 2 aromatic rings. The van der Waals surface area contributed by atoms with Crippen LogP contribution >= 0.6 is 12.2 Å². The van der Waals surface area contributed by atoms with Gasteiger partial charge in [0.25, 0.3) is 0 Å². The molecule has 2 aromatic carbocycles. The van der Waals surface area contributed by atoms with E-state index in [2.05, 4.69) is 10.9 Å². The topological polar surface area (TPSA) is 36.5 Å². The third kappa shape index (κ3) is 2.33. The van der Waals surface area contributed by atoms with E-state index in [1.54, 1.807) is 7.11 Å². The molecule has 0 spiro atoms. The lowest BCUT2D eigenvalue weighted by molar-refractivity contribution is 0.413. The van der Waals surface area contributed by atoms with Gasteiger partial charge >= 0.3 is 0 Å². The van der Waals surface area contributed by atoms with Crippen LogP contribution in [-0.4, -0.2) is 12.2 Å². The summed E-state index contributed by atoms with van der Waals surface area (Å²) in [7, 11) is 1.67. The minimum atomic E-state index is -0.0556. The SMILES string of the molecule is COc1cccc(C2NNC(=S)N2c2ccccc2)c1. The van der Waals surface area contributed by atoms with Gasteiger partial charge in [0.2, 0.25) is 0 Å². The van der Waals surface area contributed by atoms with Crippen molar-refractivity contribution in [1.82, 2.24) is 10.9 Å². The van der Waals surface area contributed by atoms with Crippen LogP contribution in [0.5, 0.6) is 5.75 Å². The lowest BCUT2D eigenvalue weighted by Gasteiger charge is -2.24. The van der Waals surface area contributed by atoms with Crippen LogP contribution in [0.15, 0.2) is 54.6 Å². The highest BCUT2D eigenvalue weighted by atomic mass is 32.1. The molecule has 1 heterocycles. The summed E-state index contributed by atoms with van der Waals surface area (Å²) in [6.45, 7) is 0.